The molecule has 3 heterocycles. The molecule has 4 N–H and O–H groups in total. The van der Waals surface area contributed by atoms with Crippen molar-refractivity contribution in [2.75, 3.05) is 22.1 Å². The van der Waals surface area contributed by atoms with E-state index in [9.17, 15) is 49.9 Å². The van der Waals surface area contributed by atoms with Gasteiger partial charge in [0.15, 0.2) is 0 Å². The van der Waals surface area contributed by atoms with Crippen molar-refractivity contribution in [1.29, 1.82) is 0 Å². The standard InChI is InChI=1S/C22H20F3N3O2.C20H16F4N2O2/c1-13-5-4-10-28(13)14-8-9-19(17(11-14)22(23,24)25)27-21(30)16-12-26-18-7-3-2-6-15(18)20(16)29;1-10(2)11-6-7-16(14(8-11)20(22,23)24)26-19(28)13-9-25-17-12(18(13)27)4-3-5-15(17)21/h2-3,6-9,11-13H,4-5,10H2,1H3,(H,26,29)(H,27,30);3-10H,1-2H3,(H,25,27)(H,26,28)/t13-;/m1./s1. The van der Waals surface area contributed by atoms with Crippen molar-refractivity contribution >= 4 is 50.7 Å². The Morgan fingerprint density at radius 2 is 1.31 bits per heavy atom. The first-order chi connectivity index (χ1) is 27.3. The normalized spacial score (nSPS) is 14.4. The average Bonchev–Trinajstić information content (AvgIpc) is 3.60. The van der Waals surface area contributed by atoms with Crippen molar-refractivity contribution in [3.8, 4) is 0 Å². The number of pyridine rings is 2. The minimum Gasteiger partial charge on any atom is -0.369 e. The molecule has 16 heteroatoms. The van der Waals surface area contributed by atoms with Gasteiger partial charge in [-0.3, -0.25) is 19.2 Å². The summed E-state index contributed by atoms with van der Waals surface area (Å²) in [6.07, 6.45) is -5.30. The van der Waals surface area contributed by atoms with Crippen molar-refractivity contribution in [3.05, 3.63) is 145 Å². The van der Waals surface area contributed by atoms with Gasteiger partial charge in [0.25, 0.3) is 11.8 Å². The smallest absolute Gasteiger partial charge is 0.369 e. The van der Waals surface area contributed by atoms with E-state index in [4.69, 9.17) is 0 Å². The molecule has 0 bridgehead atoms. The van der Waals surface area contributed by atoms with E-state index in [0.717, 1.165) is 43.3 Å². The van der Waals surface area contributed by atoms with Crippen molar-refractivity contribution in [2.45, 2.75) is 57.9 Å². The van der Waals surface area contributed by atoms with E-state index in [2.05, 4.69) is 20.6 Å². The summed E-state index contributed by atoms with van der Waals surface area (Å²) in [6.45, 7) is 6.17. The molecule has 58 heavy (non-hydrogen) atoms. The molecule has 0 spiro atoms. The molecule has 1 saturated heterocycles. The molecule has 1 atom stereocenters. The lowest BCUT2D eigenvalue weighted by atomic mass is 9.99. The zero-order valence-electron chi connectivity index (χ0n) is 31.2. The predicted octanol–water partition coefficient (Wildman–Crippen LogP) is 9.85. The number of halogens is 7. The Hall–Kier alpha value is -6.45. The zero-order valence-corrected chi connectivity index (χ0v) is 31.2. The summed E-state index contributed by atoms with van der Waals surface area (Å²) >= 11 is 0. The second-order valence-corrected chi connectivity index (χ2v) is 14.0. The Morgan fingerprint density at radius 1 is 0.741 bits per heavy atom. The Labute approximate surface area is 325 Å². The fourth-order valence-electron chi connectivity index (χ4n) is 6.73. The maximum atomic E-state index is 13.7. The number of para-hydroxylation sites is 2. The van der Waals surface area contributed by atoms with Crippen LogP contribution in [-0.2, 0) is 12.4 Å². The molecular weight excluding hydrogens is 771 g/mol. The molecule has 1 aliphatic heterocycles. The predicted molar refractivity (Wildman–Crippen MR) is 208 cm³/mol. The molecule has 0 unspecified atom stereocenters. The molecular formula is C42H36F7N5O4. The van der Waals surface area contributed by atoms with Gasteiger partial charge in [0.2, 0.25) is 10.9 Å². The van der Waals surface area contributed by atoms with Crippen LogP contribution in [0.3, 0.4) is 0 Å². The van der Waals surface area contributed by atoms with Crippen LogP contribution in [-0.4, -0.2) is 34.4 Å². The summed E-state index contributed by atoms with van der Waals surface area (Å²) in [7, 11) is 0. The van der Waals surface area contributed by atoms with Crippen molar-refractivity contribution < 1.29 is 40.3 Å². The van der Waals surface area contributed by atoms with Crippen LogP contribution >= 0.6 is 0 Å². The number of nitrogens with zero attached hydrogens (tertiary/aromatic N) is 1. The van der Waals surface area contributed by atoms with Crippen LogP contribution in [0.25, 0.3) is 21.8 Å². The number of amides is 2. The Balaban J connectivity index is 0.000000196. The highest BCUT2D eigenvalue weighted by atomic mass is 19.4. The number of nitrogens with one attached hydrogen (secondary N) is 4. The van der Waals surface area contributed by atoms with E-state index < -0.39 is 63.2 Å². The monoisotopic (exact) mass is 807 g/mol. The number of rotatable bonds is 6. The molecule has 1 fully saturated rings. The van der Waals surface area contributed by atoms with Gasteiger partial charge in [0, 0.05) is 47.0 Å². The molecule has 4 aromatic carbocycles. The van der Waals surface area contributed by atoms with Crippen molar-refractivity contribution in [1.82, 2.24) is 9.97 Å². The lowest BCUT2D eigenvalue weighted by molar-refractivity contribution is -0.137. The number of carbonyl (C=O) groups excluding carboxylic acids is 2. The fourth-order valence-corrected chi connectivity index (χ4v) is 6.73. The highest BCUT2D eigenvalue weighted by molar-refractivity contribution is 6.07. The molecule has 0 saturated carbocycles. The molecule has 9 nitrogen and oxygen atoms in total. The highest BCUT2D eigenvalue weighted by Crippen LogP contribution is 2.39. The van der Waals surface area contributed by atoms with E-state index >= 15 is 0 Å². The fraction of sp³-hybridized carbons (Fsp3) is 0.238. The quantitative estimate of drug-likeness (QED) is 0.125. The number of anilines is 3. The van der Waals surface area contributed by atoms with Gasteiger partial charge in [-0.1, -0.05) is 38.1 Å². The van der Waals surface area contributed by atoms with Crippen molar-refractivity contribution in [3.63, 3.8) is 0 Å². The number of H-pyrrole nitrogens is 2. The summed E-state index contributed by atoms with van der Waals surface area (Å²) in [5.41, 5.74) is -3.39. The maximum absolute atomic E-state index is 13.7. The Kier molecular flexibility index (Phi) is 11.5. The molecule has 7 rings (SSSR count). The van der Waals surface area contributed by atoms with Gasteiger partial charge in [0.05, 0.1) is 28.0 Å². The SMILES string of the molecule is CC(C)c1ccc(NC(=O)c2c[nH]c3c(F)cccc3c2=O)c(C(F)(F)F)c1.C[C@@H]1CCCN1c1ccc(NC(=O)c2c[nH]c3ccccc3c2=O)c(C(F)(F)F)c1. The van der Waals surface area contributed by atoms with Gasteiger partial charge < -0.3 is 25.5 Å². The van der Waals surface area contributed by atoms with Crippen LogP contribution in [0.4, 0.5) is 47.8 Å². The van der Waals surface area contributed by atoms with Crippen LogP contribution < -0.4 is 26.4 Å². The molecule has 0 aliphatic carbocycles. The minimum atomic E-state index is -4.69. The molecule has 1 aliphatic rings. The number of fused-ring (bicyclic) bond motifs is 2. The summed E-state index contributed by atoms with van der Waals surface area (Å²) in [4.78, 5) is 57.4. The maximum Gasteiger partial charge on any atom is 0.418 e. The first-order valence-electron chi connectivity index (χ1n) is 18.1. The van der Waals surface area contributed by atoms with Crippen LogP contribution in [0.1, 0.15) is 76.9 Å². The van der Waals surface area contributed by atoms with E-state index in [1.54, 1.807) is 44.2 Å². The first kappa shape index (κ1) is 41.2. The molecule has 302 valence electrons. The molecule has 0 radical (unpaired) electrons. The number of benzene rings is 4. The summed E-state index contributed by atoms with van der Waals surface area (Å²) in [5, 5.41) is 4.64. The minimum absolute atomic E-state index is 0.0705. The third-order valence-electron chi connectivity index (χ3n) is 9.85. The third-order valence-corrected chi connectivity index (χ3v) is 9.85. The van der Waals surface area contributed by atoms with Gasteiger partial charge in [-0.25, -0.2) is 4.39 Å². The summed E-state index contributed by atoms with van der Waals surface area (Å²) in [6, 6.07) is 18.0. The van der Waals surface area contributed by atoms with Gasteiger partial charge in [-0.05, 0) is 85.8 Å². The summed E-state index contributed by atoms with van der Waals surface area (Å²) in [5.74, 6) is -2.72. The highest BCUT2D eigenvalue weighted by Gasteiger charge is 2.36. The average molecular weight is 808 g/mol. The largest absolute Gasteiger partial charge is 0.418 e. The van der Waals surface area contributed by atoms with E-state index in [1.807, 2.05) is 11.8 Å². The third kappa shape index (κ3) is 8.60. The topological polar surface area (TPSA) is 127 Å². The zero-order chi connectivity index (χ0) is 42.1. The summed E-state index contributed by atoms with van der Waals surface area (Å²) < 4.78 is 95.1. The number of alkyl halides is 6. The molecule has 2 amide bonds. The number of aromatic nitrogens is 2. The Bertz CT molecular complexity index is 2650. The Morgan fingerprint density at radius 3 is 1.91 bits per heavy atom. The lowest BCUT2D eigenvalue weighted by Crippen LogP contribution is -2.27. The molecule has 6 aromatic rings. The van der Waals surface area contributed by atoms with Gasteiger partial charge in [-0.2, -0.15) is 26.3 Å². The number of hydrogen-bond acceptors (Lipinski definition) is 5. The second kappa shape index (κ2) is 16.2. The number of aromatic amines is 2. The lowest BCUT2D eigenvalue weighted by Gasteiger charge is -2.25. The van der Waals surface area contributed by atoms with Crippen LogP contribution in [0, 0.1) is 5.82 Å². The van der Waals surface area contributed by atoms with E-state index in [0.29, 0.717) is 28.7 Å². The second-order valence-electron chi connectivity index (χ2n) is 14.0. The van der Waals surface area contributed by atoms with E-state index in [-0.39, 0.29) is 34.1 Å². The van der Waals surface area contributed by atoms with Crippen LogP contribution in [0.5, 0.6) is 0 Å². The van der Waals surface area contributed by atoms with E-state index in [1.165, 1.54) is 30.5 Å². The number of carbonyl (C=O) groups is 2. The van der Waals surface area contributed by atoms with Crippen LogP contribution in [0.2, 0.25) is 0 Å². The van der Waals surface area contributed by atoms with Crippen molar-refractivity contribution in [2.24, 2.45) is 0 Å². The van der Waals surface area contributed by atoms with Crippen LogP contribution in [0.15, 0.2) is 101 Å². The van der Waals surface area contributed by atoms with Gasteiger partial charge in [-0.15, -0.1) is 0 Å². The number of hydrogen-bond donors (Lipinski definition) is 4. The molecule has 2 aromatic heterocycles. The van der Waals surface area contributed by atoms with Gasteiger partial charge >= 0.3 is 12.4 Å². The van der Waals surface area contributed by atoms with Gasteiger partial charge in [0.1, 0.15) is 16.9 Å². The first-order valence-corrected chi connectivity index (χ1v) is 18.1.